The van der Waals surface area contributed by atoms with Gasteiger partial charge in [-0.05, 0) is 46.6 Å². The zero-order valence-corrected chi connectivity index (χ0v) is 10.6. The summed E-state index contributed by atoms with van der Waals surface area (Å²) in [6.07, 6.45) is 5.32. The average Bonchev–Trinajstić information content (AvgIpc) is 2.79. The van der Waals surface area contributed by atoms with Crippen molar-refractivity contribution in [2.75, 3.05) is 0 Å². The van der Waals surface area contributed by atoms with Crippen LogP contribution in [-0.2, 0) is 6.54 Å². The van der Waals surface area contributed by atoms with Gasteiger partial charge in [0.25, 0.3) is 0 Å². The molecule has 4 heteroatoms. The third kappa shape index (κ3) is 2.93. The van der Waals surface area contributed by atoms with Crippen LogP contribution in [0.2, 0.25) is 0 Å². The Balaban J connectivity index is 1.92. The van der Waals surface area contributed by atoms with Crippen molar-refractivity contribution < 1.29 is 4.42 Å². The number of pyridine rings is 1. The van der Waals surface area contributed by atoms with Gasteiger partial charge in [-0.3, -0.25) is 4.98 Å². The number of hydrogen-bond donors (Lipinski definition) is 1. The Morgan fingerprint density at radius 3 is 3.06 bits per heavy atom. The fourth-order valence-corrected chi connectivity index (χ4v) is 1.87. The van der Waals surface area contributed by atoms with Gasteiger partial charge in [-0.2, -0.15) is 0 Å². The monoisotopic (exact) mass is 280 g/mol. The van der Waals surface area contributed by atoms with E-state index in [0.717, 1.165) is 22.3 Å². The zero-order valence-electron chi connectivity index (χ0n) is 8.98. The van der Waals surface area contributed by atoms with E-state index in [1.54, 1.807) is 12.5 Å². The number of halogens is 1. The van der Waals surface area contributed by atoms with Crippen molar-refractivity contribution in [1.29, 1.82) is 0 Å². The molecule has 0 aliphatic heterocycles. The van der Waals surface area contributed by atoms with E-state index in [2.05, 4.69) is 39.2 Å². The molecule has 0 radical (unpaired) electrons. The summed E-state index contributed by atoms with van der Waals surface area (Å²) in [5.74, 6) is 0.947. The molecule has 1 N–H and O–H groups in total. The van der Waals surface area contributed by atoms with Crippen LogP contribution in [0.3, 0.4) is 0 Å². The van der Waals surface area contributed by atoms with Crippen LogP contribution in [0.5, 0.6) is 0 Å². The minimum absolute atomic E-state index is 0.203. The molecule has 84 valence electrons. The SMILES string of the molecule is CC(NCc1cncc(Br)c1)c1ccco1. The predicted octanol–water partition coefficient (Wildman–Crippen LogP) is 3.29. The van der Waals surface area contributed by atoms with Crippen LogP contribution in [0.15, 0.2) is 45.7 Å². The second kappa shape index (κ2) is 5.27. The van der Waals surface area contributed by atoms with Gasteiger partial charge in [0.15, 0.2) is 0 Å². The smallest absolute Gasteiger partial charge is 0.120 e. The van der Waals surface area contributed by atoms with Crippen LogP contribution >= 0.6 is 15.9 Å². The fraction of sp³-hybridized carbons (Fsp3) is 0.250. The Morgan fingerprint density at radius 1 is 1.50 bits per heavy atom. The number of hydrogen-bond acceptors (Lipinski definition) is 3. The summed E-state index contributed by atoms with van der Waals surface area (Å²) in [6.45, 7) is 2.85. The number of aromatic nitrogens is 1. The highest BCUT2D eigenvalue weighted by Gasteiger charge is 2.07. The van der Waals surface area contributed by atoms with Gasteiger partial charge in [-0.15, -0.1) is 0 Å². The van der Waals surface area contributed by atoms with E-state index in [9.17, 15) is 0 Å². The van der Waals surface area contributed by atoms with Gasteiger partial charge in [0.05, 0.1) is 12.3 Å². The molecule has 0 aliphatic carbocycles. The highest BCUT2D eigenvalue weighted by atomic mass is 79.9. The number of furan rings is 1. The van der Waals surface area contributed by atoms with Crippen molar-refractivity contribution in [3.63, 3.8) is 0 Å². The van der Waals surface area contributed by atoms with E-state index >= 15 is 0 Å². The molecule has 0 saturated heterocycles. The van der Waals surface area contributed by atoms with Crippen LogP contribution < -0.4 is 5.32 Å². The lowest BCUT2D eigenvalue weighted by molar-refractivity contribution is 0.430. The predicted molar refractivity (Wildman–Crippen MR) is 65.9 cm³/mol. The summed E-state index contributed by atoms with van der Waals surface area (Å²) in [5, 5.41) is 3.37. The molecule has 0 aliphatic rings. The van der Waals surface area contributed by atoms with Gasteiger partial charge in [-0.25, -0.2) is 0 Å². The van der Waals surface area contributed by atoms with Crippen LogP contribution in [0.4, 0.5) is 0 Å². The van der Waals surface area contributed by atoms with Crippen molar-refractivity contribution in [2.45, 2.75) is 19.5 Å². The third-order valence-electron chi connectivity index (χ3n) is 2.34. The van der Waals surface area contributed by atoms with E-state index in [-0.39, 0.29) is 6.04 Å². The molecule has 0 bridgehead atoms. The van der Waals surface area contributed by atoms with Gasteiger partial charge in [-0.1, -0.05) is 0 Å². The van der Waals surface area contributed by atoms with Crippen molar-refractivity contribution in [2.24, 2.45) is 0 Å². The quantitative estimate of drug-likeness (QED) is 0.934. The van der Waals surface area contributed by atoms with Gasteiger partial charge in [0, 0.05) is 23.4 Å². The van der Waals surface area contributed by atoms with E-state index in [0.29, 0.717) is 0 Å². The van der Waals surface area contributed by atoms with Crippen molar-refractivity contribution in [1.82, 2.24) is 10.3 Å². The first-order valence-electron chi connectivity index (χ1n) is 5.12. The summed E-state index contributed by atoms with van der Waals surface area (Å²) in [7, 11) is 0. The first kappa shape index (κ1) is 11.4. The number of nitrogens with zero attached hydrogens (tertiary/aromatic N) is 1. The van der Waals surface area contributed by atoms with Crippen LogP contribution in [-0.4, -0.2) is 4.98 Å². The Hall–Kier alpha value is -1.13. The zero-order chi connectivity index (χ0) is 11.4. The maximum atomic E-state index is 5.32. The molecule has 2 aromatic heterocycles. The largest absolute Gasteiger partial charge is 0.468 e. The molecule has 0 aromatic carbocycles. The lowest BCUT2D eigenvalue weighted by Crippen LogP contribution is -2.17. The van der Waals surface area contributed by atoms with E-state index in [1.165, 1.54) is 0 Å². The van der Waals surface area contributed by atoms with Gasteiger partial charge in [0.1, 0.15) is 5.76 Å². The molecule has 1 atom stereocenters. The van der Waals surface area contributed by atoms with Gasteiger partial charge in [0.2, 0.25) is 0 Å². The number of nitrogens with one attached hydrogen (secondary N) is 1. The van der Waals surface area contributed by atoms with E-state index in [1.807, 2.05) is 18.3 Å². The van der Waals surface area contributed by atoms with Crippen molar-refractivity contribution >= 4 is 15.9 Å². The Morgan fingerprint density at radius 2 is 2.38 bits per heavy atom. The molecule has 2 rings (SSSR count). The molecule has 2 aromatic rings. The molecule has 1 unspecified atom stereocenters. The Kier molecular flexibility index (Phi) is 3.74. The summed E-state index contributed by atoms with van der Waals surface area (Å²) in [5.41, 5.74) is 1.15. The lowest BCUT2D eigenvalue weighted by Gasteiger charge is -2.11. The number of rotatable bonds is 4. The Labute approximate surface area is 103 Å². The van der Waals surface area contributed by atoms with E-state index < -0.39 is 0 Å². The molecule has 0 saturated carbocycles. The third-order valence-corrected chi connectivity index (χ3v) is 2.78. The maximum absolute atomic E-state index is 5.32. The topological polar surface area (TPSA) is 38.1 Å². The summed E-state index contributed by atoms with van der Waals surface area (Å²) >= 11 is 3.40. The minimum Gasteiger partial charge on any atom is -0.468 e. The summed E-state index contributed by atoms with van der Waals surface area (Å²) < 4.78 is 6.32. The molecular weight excluding hydrogens is 268 g/mol. The highest BCUT2D eigenvalue weighted by Crippen LogP contribution is 2.14. The maximum Gasteiger partial charge on any atom is 0.120 e. The molecule has 3 nitrogen and oxygen atoms in total. The molecular formula is C12H13BrN2O. The summed E-state index contributed by atoms with van der Waals surface area (Å²) in [4.78, 5) is 4.11. The van der Waals surface area contributed by atoms with Crippen LogP contribution in [0.25, 0.3) is 0 Å². The second-order valence-corrected chi connectivity index (χ2v) is 4.55. The molecule has 2 heterocycles. The van der Waals surface area contributed by atoms with E-state index in [4.69, 9.17) is 4.42 Å². The van der Waals surface area contributed by atoms with Crippen molar-refractivity contribution in [3.8, 4) is 0 Å². The molecule has 0 fully saturated rings. The van der Waals surface area contributed by atoms with Crippen LogP contribution in [0.1, 0.15) is 24.3 Å². The summed E-state index contributed by atoms with van der Waals surface area (Å²) in [6, 6.07) is 6.12. The molecule has 0 amide bonds. The van der Waals surface area contributed by atoms with Crippen LogP contribution in [0, 0.1) is 0 Å². The lowest BCUT2D eigenvalue weighted by atomic mass is 10.2. The van der Waals surface area contributed by atoms with Crippen molar-refractivity contribution in [3.05, 3.63) is 52.7 Å². The van der Waals surface area contributed by atoms with Gasteiger partial charge >= 0.3 is 0 Å². The molecule has 16 heavy (non-hydrogen) atoms. The normalized spacial score (nSPS) is 12.6. The highest BCUT2D eigenvalue weighted by molar-refractivity contribution is 9.10. The molecule has 0 spiro atoms. The standard InChI is InChI=1S/C12H13BrN2O/c1-9(12-3-2-4-16-12)15-7-10-5-11(13)8-14-6-10/h2-6,8-9,15H,7H2,1H3. The minimum atomic E-state index is 0.203. The first-order chi connectivity index (χ1) is 7.75. The Bertz CT molecular complexity index is 442. The average molecular weight is 281 g/mol. The fourth-order valence-electron chi connectivity index (χ4n) is 1.46. The second-order valence-electron chi connectivity index (χ2n) is 3.63. The van der Waals surface area contributed by atoms with Gasteiger partial charge < -0.3 is 9.73 Å². The first-order valence-corrected chi connectivity index (χ1v) is 5.91.